The van der Waals surface area contributed by atoms with Crippen molar-refractivity contribution in [2.45, 2.75) is 18.1 Å². The van der Waals surface area contributed by atoms with Crippen LogP contribution in [-0.4, -0.2) is 25.1 Å². The Balaban J connectivity index is 0.00000256. The van der Waals surface area contributed by atoms with Gasteiger partial charge in [-0.2, -0.15) is 0 Å². The van der Waals surface area contributed by atoms with E-state index in [4.69, 9.17) is 9.84 Å². The number of nitrogens with zero attached hydrogens (tertiary/aromatic N) is 1. The fourth-order valence-corrected chi connectivity index (χ4v) is 1.52. The van der Waals surface area contributed by atoms with E-state index in [2.05, 4.69) is 0 Å². The molecule has 88 valence electrons. The van der Waals surface area contributed by atoms with Gasteiger partial charge >= 0.3 is 29.6 Å². The van der Waals surface area contributed by atoms with Crippen molar-refractivity contribution < 1.29 is 53.1 Å². The Kier molecular flexibility index (Phi) is 6.83. The van der Waals surface area contributed by atoms with Crippen molar-refractivity contribution in [2.24, 2.45) is 0 Å². The molecule has 0 aliphatic heterocycles. The van der Waals surface area contributed by atoms with Crippen LogP contribution in [0.5, 0.6) is 5.75 Å². The molecule has 1 N–H and O–H groups in total. The second kappa shape index (κ2) is 7.04. The summed E-state index contributed by atoms with van der Waals surface area (Å²) >= 11 is -2.67. The number of aliphatic hydroxyl groups is 1. The first-order valence-corrected chi connectivity index (χ1v) is 5.21. The molecule has 2 atom stereocenters. The molecule has 0 fully saturated rings. The summed E-state index contributed by atoms with van der Waals surface area (Å²) in [5.74, 6) is -0.131. The summed E-state index contributed by atoms with van der Waals surface area (Å²) in [4.78, 5) is 9.34. The van der Waals surface area contributed by atoms with Gasteiger partial charge in [0.15, 0.2) is 6.29 Å². The Morgan fingerprint density at radius 2 is 2.12 bits per heavy atom. The molecule has 0 bridgehead atoms. The van der Waals surface area contributed by atoms with Crippen LogP contribution in [0.1, 0.15) is 6.92 Å². The Morgan fingerprint density at radius 1 is 1.53 bits per heavy atom. The predicted octanol–water partition coefficient (Wildman–Crippen LogP) is -2.45. The minimum absolute atomic E-state index is 0. The van der Waals surface area contributed by atoms with Crippen molar-refractivity contribution in [3.05, 3.63) is 28.3 Å². The van der Waals surface area contributed by atoms with Crippen molar-refractivity contribution in [2.75, 3.05) is 0 Å². The van der Waals surface area contributed by atoms with Crippen LogP contribution in [0.4, 0.5) is 5.69 Å². The number of non-ortho nitro benzene ring substituents is 1. The van der Waals surface area contributed by atoms with Crippen LogP contribution in [0, 0.1) is 10.1 Å². The second-order valence-corrected chi connectivity index (χ2v) is 3.75. The Hall–Kier alpha value is -0.510. The second-order valence-electron chi connectivity index (χ2n) is 2.84. The van der Waals surface area contributed by atoms with Crippen molar-refractivity contribution in [3.63, 3.8) is 0 Å². The Morgan fingerprint density at radius 3 is 2.53 bits per heavy atom. The van der Waals surface area contributed by atoms with Gasteiger partial charge in [0, 0.05) is 12.1 Å². The van der Waals surface area contributed by atoms with E-state index < -0.39 is 22.3 Å². The summed E-state index contributed by atoms with van der Waals surface area (Å²) in [6.07, 6.45) is -1.20. The van der Waals surface area contributed by atoms with Crippen LogP contribution in [0.3, 0.4) is 0 Å². The quantitative estimate of drug-likeness (QED) is 0.213. The first-order valence-electron chi connectivity index (χ1n) is 4.14. The van der Waals surface area contributed by atoms with Crippen LogP contribution < -0.4 is 34.3 Å². The number of benzene rings is 1. The van der Waals surface area contributed by atoms with Crippen LogP contribution in [0.2, 0.25) is 0 Å². The molecule has 0 saturated heterocycles. The predicted molar refractivity (Wildman–Crippen MR) is 52.6 cm³/mol. The number of nitro benzene ring substituents is 1. The summed E-state index contributed by atoms with van der Waals surface area (Å²) < 4.78 is 26.4. The summed E-state index contributed by atoms with van der Waals surface area (Å²) in [7, 11) is 0. The molecule has 0 amide bonds. The molecule has 9 heteroatoms. The minimum Gasteiger partial charge on any atom is -0.768 e. The number of aliphatic hydroxyl groups excluding tert-OH is 1. The van der Waals surface area contributed by atoms with Gasteiger partial charge in [0.25, 0.3) is 5.69 Å². The standard InChI is InChI=1S/C8H9NO6S.Na/c1-5(10)15-7-3-2-6(9(11)12)4-8(7)16(13)14;/h2-5,10H,1H3,(H,13,14);/q;+1/p-1. The van der Waals surface area contributed by atoms with Crippen LogP contribution in [0.25, 0.3) is 0 Å². The molecule has 0 saturated carbocycles. The third kappa shape index (κ3) is 4.70. The number of rotatable bonds is 4. The van der Waals surface area contributed by atoms with E-state index in [9.17, 15) is 18.9 Å². The van der Waals surface area contributed by atoms with Gasteiger partial charge in [-0.3, -0.25) is 14.3 Å². The molecule has 2 unspecified atom stereocenters. The largest absolute Gasteiger partial charge is 1.00 e. The topological polar surface area (TPSA) is 113 Å². The van der Waals surface area contributed by atoms with E-state index in [1.807, 2.05) is 0 Å². The maximum atomic E-state index is 10.8. The molecule has 7 nitrogen and oxygen atoms in total. The molecule has 0 aliphatic rings. The van der Waals surface area contributed by atoms with Crippen molar-refractivity contribution in [1.29, 1.82) is 0 Å². The fraction of sp³-hybridized carbons (Fsp3) is 0.250. The summed E-state index contributed by atoms with van der Waals surface area (Å²) in [5, 5.41) is 19.4. The van der Waals surface area contributed by atoms with Crippen LogP contribution in [-0.2, 0) is 11.1 Å². The zero-order valence-electron chi connectivity index (χ0n) is 9.15. The number of hydrogen-bond donors (Lipinski definition) is 1. The smallest absolute Gasteiger partial charge is 0.768 e. The van der Waals surface area contributed by atoms with Gasteiger partial charge in [-0.25, -0.2) is 0 Å². The average Bonchev–Trinajstić information content (AvgIpc) is 2.16. The number of ether oxygens (including phenoxy) is 1. The monoisotopic (exact) mass is 269 g/mol. The molecule has 1 aromatic carbocycles. The molecule has 0 spiro atoms. The van der Waals surface area contributed by atoms with Crippen LogP contribution in [0.15, 0.2) is 23.1 Å². The number of hydrogen-bond acceptors (Lipinski definition) is 6. The third-order valence-electron chi connectivity index (χ3n) is 1.62. The van der Waals surface area contributed by atoms with E-state index in [1.54, 1.807) is 0 Å². The van der Waals surface area contributed by atoms with Gasteiger partial charge in [0.05, 0.1) is 9.82 Å². The van der Waals surface area contributed by atoms with E-state index in [1.165, 1.54) is 6.92 Å². The van der Waals surface area contributed by atoms with Gasteiger partial charge in [-0.05, 0) is 24.1 Å². The van der Waals surface area contributed by atoms with E-state index in [0.29, 0.717) is 0 Å². The van der Waals surface area contributed by atoms with Gasteiger partial charge < -0.3 is 14.4 Å². The molecule has 0 aromatic heterocycles. The van der Waals surface area contributed by atoms with E-state index in [-0.39, 0.29) is 45.9 Å². The maximum Gasteiger partial charge on any atom is 1.00 e. The Labute approximate surface area is 122 Å². The maximum absolute atomic E-state index is 10.8. The third-order valence-corrected chi connectivity index (χ3v) is 2.29. The molecular weight excluding hydrogens is 261 g/mol. The fourth-order valence-electron chi connectivity index (χ4n) is 1.02. The summed E-state index contributed by atoms with van der Waals surface area (Å²) in [6.45, 7) is 1.29. The molecular formula is C8H8NNaO6S. The van der Waals surface area contributed by atoms with Gasteiger partial charge in [-0.1, -0.05) is 0 Å². The average molecular weight is 269 g/mol. The molecule has 17 heavy (non-hydrogen) atoms. The van der Waals surface area contributed by atoms with E-state index in [0.717, 1.165) is 18.2 Å². The zero-order valence-corrected chi connectivity index (χ0v) is 12.0. The van der Waals surface area contributed by atoms with Gasteiger partial charge in [0.1, 0.15) is 5.75 Å². The molecule has 0 heterocycles. The summed E-state index contributed by atoms with van der Waals surface area (Å²) in [5.41, 5.74) is -0.364. The molecule has 0 aliphatic carbocycles. The normalized spacial score (nSPS) is 13.4. The molecule has 0 radical (unpaired) electrons. The van der Waals surface area contributed by atoms with Crippen molar-refractivity contribution in [3.8, 4) is 5.75 Å². The minimum atomic E-state index is -2.67. The first-order chi connectivity index (χ1) is 7.41. The summed E-state index contributed by atoms with van der Waals surface area (Å²) in [6, 6.07) is 3.07. The zero-order chi connectivity index (χ0) is 12.3. The molecule has 1 rings (SSSR count). The first kappa shape index (κ1) is 16.5. The van der Waals surface area contributed by atoms with Crippen molar-refractivity contribution >= 4 is 16.8 Å². The Bertz CT molecular complexity index is 438. The van der Waals surface area contributed by atoms with Crippen molar-refractivity contribution in [1.82, 2.24) is 0 Å². The number of nitro groups is 1. The van der Waals surface area contributed by atoms with Gasteiger partial charge in [-0.15, -0.1) is 0 Å². The van der Waals surface area contributed by atoms with E-state index >= 15 is 0 Å². The van der Waals surface area contributed by atoms with Crippen LogP contribution >= 0.6 is 0 Å². The molecule has 1 aromatic rings. The van der Waals surface area contributed by atoms with Gasteiger partial charge in [0.2, 0.25) is 0 Å². The SMILES string of the molecule is CC(O)Oc1ccc([N+](=O)[O-])cc1S(=O)[O-].[Na+].